The maximum absolute atomic E-state index is 12.5. The van der Waals surface area contributed by atoms with Gasteiger partial charge in [0.15, 0.2) is 5.11 Å². The van der Waals surface area contributed by atoms with Crippen LogP contribution in [-0.2, 0) is 9.53 Å². The number of thiocarbonyl (C=S) groups is 1. The van der Waals surface area contributed by atoms with E-state index in [1.165, 1.54) is 7.11 Å². The molecule has 3 rings (SSSR count). The van der Waals surface area contributed by atoms with Gasteiger partial charge in [-0.2, -0.15) is 0 Å². The quantitative estimate of drug-likeness (QED) is 0.627. The number of esters is 1. The van der Waals surface area contributed by atoms with Crippen LogP contribution in [0.2, 0.25) is 0 Å². The summed E-state index contributed by atoms with van der Waals surface area (Å²) in [5.74, 6) is -0.212. The lowest BCUT2D eigenvalue weighted by molar-refractivity contribution is -0.136. The number of hydrogen-bond acceptors (Lipinski definition) is 4. The first-order valence-corrected chi connectivity index (χ1v) is 9.28. The number of carbonyl (C=O) groups is 1. The molecule has 0 saturated carbocycles. The van der Waals surface area contributed by atoms with E-state index in [1.54, 1.807) is 11.3 Å². The fourth-order valence-corrected chi connectivity index (χ4v) is 4.16. The molecule has 2 heterocycles. The summed E-state index contributed by atoms with van der Waals surface area (Å²) >= 11 is 7.00. The lowest BCUT2D eigenvalue weighted by atomic mass is 9.95. The van der Waals surface area contributed by atoms with Gasteiger partial charge in [0, 0.05) is 15.5 Å². The fraction of sp³-hybridized carbons (Fsp3) is 0.263. The zero-order valence-corrected chi connectivity index (χ0v) is 16.0. The van der Waals surface area contributed by atoms with Gasteiger partial charge in [0.2, 0.25) is 0 Å². The van der Waals surface area contributed by atoms with Crippen LogP contribution in [0.15, 0.2) is 53.7 Å². The maximum atomic E-state index is 12.5. The molecule has 1 aromatic carbocycles. The van der Waals surface area contributed by atoms with Gasteiger partial charge >= 0.3 is 5.97 Å². The number of hydrogen-bond donors (Lipinski definition) is 2. The molecule has 0 fully saturated rings. The third kappa shape index (κ3) is 3.60. The summed E-state index contributed by atoms with van der Waals surface area (Å²) in [6.45, 7) is 4.06. The Morgan fingerprint density at radius 3 is 2.56 bits per heavy atom. The lowest BCUT2D eigenvalue weighted by Gasteiger charge is -2.31. The average molecular weight is 373 g/mol. The summed E-state index contributed by atoms with van der Waals surface area (Å²) in [6, 6.07) is 14.0. The topological polar surface area (TPSA) is 50.4 Å². The maximum Gasteiger partial charge on any atom is 0.338 e. The second kappa shape index (κ2) is 7.37. The molecule has 2 aromatic rings. The third-order valence-electron chi connectivity index (χ3n) is 4.05. The van der Waals surface area contributed by atoms with Crippen LogP contribution in [0.25, 0.3) is 10.4 Å². The van der Waals surface area contributed by atoms with E-state index >= 15 is 0 Å². The number of allylic oxidation sites excluding steroid dienone is 1. The predicted octanol–water partition coefficient (Wildman–Crippen LogP) is 4.02. The number of nitrogens with one attached hydrogen (secondary N) is 2. The normalized spacial score (nSPS) is 17.3. The Morgan fingerprint density at radius 1 is 1.20 bits per heavy atom. The highest BCUT2D eigenvalue weighted by atomic mass is 32.1. The van der Waals surface area contributed by atoms with Crippen LogP contribution in [0, 0.1) is 5.92 Å². The first kappa shape index (κ1) is 17.6. The molecular weight excluding hydrogens is 352 g/mol. The van der Waals surface area contributed by atoms with E-state index in [0.717, 1.165) is 21.0 Å². The molecule has 0 bridgehead atoms. The molecule has 2 N–H and O–H groups in total. The van der Waals surface area contributed by atoms with Gasteiger partial charge in [0.05, 0.1) is 18.7 Å². The zero-order chi connectivity index (χ0) is 18.0. The van der Waals surface area contributed by atoms with Gasteiger partial charge in [-0.1, -0.05) is 44.2 Å². The zero-order valence-electron chi connectivity index (χ0n) is 14.3. The SMILES string of the molecule is COC(=O)C1=C(C(C)C)NC(=S)N[C@H]1c1ccc(-c2ccccc2)s1. The van der Waals surface area contributed by atoms with Gasteiger partial charge in [-0.25, -0.2) is 4.79 Å². The van der Waals surface area contributed by atoms with Crippen LogP contribution >= 0.6 is 23.6 Å². The van der Waals surface area contributed by atoms with Crippen LogP contribution in [0.1, 0.15) is 24.8 Å². The molecule has 1 aliphatic rings. The number of methoxy groups -OCH3 is 1. The summed E-state index contributed by atoms with van der Waals surface area (Å²) in [6.07, 6.45) is 0. The minimum atomic E-state index is -0.342. The second-order valence-electron chi connectivity index (χ2n) is 6.07. The predicted molar refractivity (Wildman–Crippen MR) is 105 cm³/mol. The Kier molecular flexibility index (Phi) is 5.20. The van der Waals surface area contributed by atoms with Crippen LogP contribution in [-0.4, -0.2) is 18.2 Å². The standard InChI is InChI=1S/C19H20N2O2S2/c1-11(2)16-15(18(22)23-3)17(21-19(24)20-16)14-10-9-13(25-14)12-7-5-4-6-8-12/h4-11,17H,1-3H3,(H2,20,21,24)/t17-/m0/s1. The summed E-state index contributed by atoms with van der Waals surface area (Å²) in [5, 5.41) is 6.87. The average Bonchev–Trinajstić information content (AvgIpc) is 3.11. The molecule has 6 heteroatoms. The van der Waals surface area contributed by atoms with Crippen LogP contribution in [0.4, 0.5) is 0 Å². The highest BCUT2D eigenvalue weighted by Gasteiger charge is 2.34. The Balaban J connectivity index is 2.05. The van der Waals surface area contributed by atoms with Crippen molar-refractivity contribution in [2.75, 3.05) is 7.11 Å². The number of thiophene rings is 1. The van der Waals surface area contributed by atoms with E-state index in [1.807, 2.05) is 38.1 Å². The molecule has 4 nitrogen and oxygen atoms in total. The monoisotopic (exact) mass is 372 g/mol. The molecule has 25 heavy (non-hydrogen) atoms. The fourth-order valence-electron chi connectivity index (χ4n) is 2.86. The van der Waals surface area contributed by atoms with Crippen LogP contribution < -0.4 is 10.6 Å². The Bertz CT molecular complexity index is 825. The Labute approximate surface area is 156 Å². The van der Waals surface area contributed by atoms with Crippen molar-refractivity contribution in [1.82, 2.24) is 10.6 Å². The number of benzene rings is 1. The minimum absolute atomic E-state index is 0.130. The van der Waals surface area contributed by atoms with E-state index in [4.69, 9.17) is 17.0 Å². The third-order valence-corrected chi connectivity index (χ3v) is 5.47. The second-order valence-corrected chi connectivity index (χ2v) is 7.60. The molecular formula is C19H20N2O2S2. The van der Waals surface area contributed by atoms with Crippen molar-refractivity contribution in [2.45, 2.75) is 19.9 Å². The molecule has 0 spiro atoms. The minimum Gasteiger partial charge on any atom is -0.466 e. The van der Waals surface area contributed by atoms with Crippen LogP contribution in [0.3, 0.4) is 0 Å². The van der Waals surface area contributed by atoms with Gasteiger partial charge in [0.25, 0.3) is 0 Å². The van der Waals surface area contributed by atoms with Gasteiger partial charge in [-0.15, -0.1) is 11.3 Å². The van der Waals surface area contributed by atoms with E-state index in [9.17, 15) is 4.79 Å². The number of rotatable bonds is 4. The smallest absolute Gasteiger partial charge is 0.338 e. The van der Waals surface area contributed by atoms with E-state index < -0.39 is 0 Å². The van der Waals surface area contributed by atoms with Crippen molar-refractivity contribution in [2.24, 2.45) is 5.92 Å². The molecule has 1 aliphatic heterocycles. The molecule has 1 atom stereocenters. The van der Waals surface area contributed by atoms with Crippen molar-refractivity contribution in [1.29, 1.82) is 0 Å². The number of carbonyl (C=O) groups excluding carboxylic acids is 1. The van der Waals surface area contributed by atoms with Crippen molar-refractivity contribution < 1.29 is 9.53 Å². The van der Waals surface area contributed by atoms with E-state index in [-0.39, 0.29) is 17.9 Å². The highest BCUT2D eigenvalue weighted by molar-refractivity contribution is 7.80. The summed E-state index contributed by atoms with van der Waals surface area (Å²) in [4.78, 5) is 14.6. The van der Waals surface area contributed by atoms with Crippen molar-refractivity contribution in [3.8, 4) is 10.4 Å². The molecule has 0 amide bonds. The summed E-state index contributed by atoms with van der Waals surface area (Å²) in [5.41, 5.74) is 2.56. The first-order chi connectivity index (χ1) is 12.0. The van der Waals surface area contributed by atoms with Gasteiger partial charge in [0.1, 0.15) is 0 Å². The Morgan fingerprint density at radius 2 is 1.92 bits per heavy atom. The van der Waals surface area contributed by atoms with Crippen molar-refractivity contribution in [3.05, 3.63) is 58.6 Å². The number of ether oxygens (including phenoxy) is 1. The summed E-state index contributed by atoms with van der Waals surface area (Å²) < 4.78 is 5.03. The first-order valence-electron chi connectivity index (χ1n) is 8.06. The van der Waals surface area contributed by atoms with Crippen LogP contribution in [0.5, 0.6) is 0 Å². The summed E-state index contributed by atoms with van der Waals surface area (Å²) in [7, 11) is 1.40. The van der Waals surface area contributed by atoms with Gasteiger partial charge in [-0.3, -0.25) is 0 Å². The molecule has 130 valence electrons. The molecule has 0 unspecified atom stereocenters. The van der Waals surface area contributed by atoms with E-state index in [2.05, 4.69) is 28.8 Å². The van der Waals surface area contributed by atoms with Gasteiger partial charge < -0.3 is 15.4 Å². The molecule has 0 saturated heterocycles. The Hall–Kier alpha value is -2.18. The largest absolute Gasteiger partial charge is 0.466 e. The van der Waals surface area contributed by atoms with Gasteiger partial charge in [-0.05, 0) is 35.8 Å². The van der Waals surface area contributed by atoms with Crippen molar-refractivity contribution in [3.63, 3.8) is 0 Å². The molecule has 0 aliphatic carbocycles. The molecule has 0 radical (unpaired) electrons. The van der Waals surface area contributed by atoms with E-state index in [0.29, 0.717) is 10.7 Å². The molecule has 1 aromatic heterocycles. The lowest BCUT2D eigenvalue weighted by Crippen LogP contribution is -2.46. The highest BCUT2D eigenvalue weighted by Crippen LogP contribution is 2.37. The van der Waals surface area contributed by atoms with Crippen molar-refractivity contribution >= 4 is 34.6 Å².